The van der Waals surface area contributed by atoms with Crippen molar-refractivity contribution < 1.29 is 9.53 Å². The van der Waals surface area contributed by atoms with Crippen molar-refractivity contribution in [2.24, 2.45) is 0 Å². The maximum absolute atomic E-state index is 10.9. The molecule has 4 nitrogen and oxygen atoms in total. The number of hydrogen-bond acceptors (Lipinski definition) is 3. The lowest BCUT2D eigenvalue weighted by Crippen LogP contribution is -2.03. The van der Waals surface area contributed by atoms with Crippen molar-refractivity contribution in [1.82, 2.24) is 9.55 Å². The van der Waals surface area contributed by atoms with E-state index in [1.165, 1.54) is 0 Å². The Labute approximate surface area is 116 Å². The van der Waals surface area contributed by atoms with Crippen molar-refractivity contribution in [2.75, 3.05) is 7.11 Å². The standard InChI is InChI=1S/C16H14N2O2/c1-20-15-5-4-13-8-12(2-3-14(13)9-15)10-18-7-6-17-16(18)11-19/h2-9,11H,10H2,1H3. The molecule has 0 aliphatic carbocycles. The van der Waals surface area contributed by atoms with Crippen molar-refractivity contribution >= 4 is 17.1 Å². The third-order valence-corrected chi connectivity index (χ3v) is 3.32. The third-order valence-electron chi connectivity index (χ3n) is 3.32. The molecule has 0 atom stereocenters. The van der Waals surface area contributed by atoms with E-state index in [4.69, 9.17) is 4.74 Å². The van der Waals surface area contributed by atoms with E-state index in [0.29, 0.717) is 12.4 Å². The van der Waals surface area contributed by atoms with E-state index in [-0.39, 0.29) is 0 Å². The molecular formula is C16H14N2O2. The van der Waals surface area contributed by atoms with Crippen LogP contribution in [-0.2, 0) is 6.54 Å². The van der Waals surface area contributed by atoms with E-state index in [9.17, 15) is 4.79 Å². The molecule has 3 aromatic rings. The first kappa shape index (κ1) is 12.4. The summed E-state index contributed by atoms with van der Waals surface area (Å²) in [7, 11) is 1.66. The van der Waals surface area contributed by atoms with E-state index in [2.05, 4.69) is 23.2 Å². The smallest absolute Gasteiger partial charge is 0.185 e. The lowest BCUT2D eigenvalue weighted by atomic mass is 10.1. The number of benzene rings is 2. The second-order valence-corrected chi connectivity index (χ2v) is 4.58. The first-order valence-electron chi connectivity index (χ1n) is 6.33. The van der Waals surface area contributed by atoms with E-state index >= 15 is 0 Å². The number of imidazole rings is 1. The van der Waals surface area contributed by atoms with Crippen LogP contribution in [0.3, 0.4) is 0 Å². The molecule has 2 aromatic carbocycles. The predicted molar refractivity (Wildman–Crippen MR) is 77.2 cm³/mol. The zero-order valence-electron chi connectivity index (χ0n) is 11.1. The Bertz CT molecular complexity index is 762. The average Bonchev–Trinajstić information content (AvgIpc) is 2.94. The van der Waals surface area contributed by atoms with Gasteiger partial charge in [0.15, 0.2) is 12.1 Å². The van der Waals surface area contributed by atoms with Crippen molar-refractivity contribution in [3.63, 3.8) is 0 Å². The van der Waals surface area contributed by atoms with Gasteiger partial charge in [-0.05, 0) is 34.5 Å². The second-order valence-electron chi connectivity index (χ2n) is 4.58. The molecule has 20 heavy (non-hydrogen) atoms. The van der Waals surface area contributed by atoms with Crippen LogP contribution >= 0.6 is 0 Å². The molecule has 0 bridgehead atoms. The molecule has 0 fully saturated rings. The molecule has 0 saturated heterocycles. The van der Waals surface area contributed by atoms with Gasteiger partial charge in [0.05, 0.1) is 7.11 Å². The van der Waals surface area contributed by atoms with Gasteiger partial charge in [-0.15, -0.1) is 0 Å². The van der Waals surface area contributed by atoms with E-state index < -0.39 is 0 Å². The van der Waals surface area contributed by atoms with Crippen molar-refractivity contribution in [2.45, 2.75) is 6.54 Å². The summed E-state index contributed by atoms with van der Waals surface area (Å²) in [5.74, 6) is 1.29. The molecule has 0 radical (unpaired) electrons. The minimum atomic E-state index is 0.444. The van der Waals surface area contributed by atoms with Crippen LogP contribution in [0.25, 0.3) is 10.8 Å². The summed E-state index contributed by atoms with van der Waals surface area (Å²) in [4.78, 5) is 14.9. The fourth-order valence-corrected chi connectivity index (χ4v) is 2.27. The largest absolute Gasteiger partial charge is 0.497 e. The Balaban J connectivity index is 1.95. The Morgan fingerprint density at radius 2 is 2.00 bits per heavy atom. The molecule has 1 aromatic heterocycles. The summed E-state index contributed by atoms with van der Waals surface area (Å²) in [6, 6.07) is 12.2. The molecular weight excluding hydrogens is 252 g/mol. The Kier molecular flexibility index (Phi) is 3.21. The molecule has 0 N–H and O–H groups in total. The first-order chi connectivity index (χ1) is 9.80. The summed E-state index contributed by atoms with van der Waals surface area (Å²) in [5.41, 5.74) is 1.13. The van der Waals surface area contributed by atoms with E-state index in [1.54, 1.807) is 13.3 Å². The number of carbonyl (C=O) groups is 1. The molecule has 0 spiro atoms. The van der Waals surface area contributed by atoms with Crippen molar-refractivity contribution in [3.05, 3.63) is 60.2 Å². The van der Waals surface area contributed by atoms with Crippen LogP contribution in [0.1, 0.15) is 16.2 Å². The highest BCUT2D eigenvalue weighted by molar-refractivity contribution is 5.84. The van der Waals surface area contributed by atoms with Gasteiger partial charge in [-0.2, -0.15) is 0 Å². The Morgan fingerprint density at radius 3 is 2.80 bits per heavy atom. The summed E-state index contributed by atoms with van der Waals surface area (Å²) < 4.78 is 7.05. The zero-order valence-corrected chi connectivity index (χ0v) is 11.1. The Morgan fingerprint density at radius 1 is 1.20 bits per heavy atom. The highest BCUT2D eigenvalue weighted by atomic mass is 16.5. The van der Waals surface area contributed by atoms with Crippen LogP contribution in [0.5, 0.6) is 5.75 Å². The molecule has 0 unspecified atom stereocenters. The predicted octanol–water partition coefficient (Wildman–Crippen LogP) is 2.91. The van der Waals surface area contributed by atoms with Gasteiger partial charge in [-0.3, -0.25) is 4.79 Å². The van der Waals surface area contributed by atoms with Crippen LogP contribution in [0.2, 0.25) is 0 Å². The van der Waals surface area contributed by atoms with Crippen LogP contribution in [0.4, 0.5) is 0 Å². The quantitative estimate of drug-likeness (QED) is 0.682. The third kappa shape index (κ3) is 2.28. The van der Waals surface area contributed by atoms with Crippen LogP contribution < -0.4 is 4.74 Å². The lowest BCUT2D eigenvalue weighted by Gasteiger charge is -2.07. The lowest BCUT2D eigenvalue weighted by molar-refractivity contribution is 0.111. The first-order valence-corrected chi connectivity index (χ1v) is 6.33. The number of aldehydes is 1. The summed E-state index contributed by atoms with van der Waals surface area (Å²) >= 11 is 0. The molecule has 1 heterocycles. The van der Waals surface area contributed by atoms with Gasteiger partial charge in [-0.1, -0.05) is 18.2 Å². The second kappa shape index (κ2) is 5.17. The van der Waals surface area contributed by atoms with Crippen molar-refractivity contribution in [1.29, 1.82) is 0 Å². The number of ether oxygens (including phenoxy) is 1. The fraction of sp³-hybridized carbons (Fsp3) is 0.125. The molecule has 4 heteroatoms. The van der Waals surface area contributed by atoms with Crippen LogP contribution in [-0.4, -0.2) is 22.9 Å². The monoisotopic (exact) mass is 266 g/mol. The van der Waals surface area contributed by atoms with Gasteiger partial charge < -0.3 is 9.30 Å². The topological polar surface area (TPSA) is 44.1 Å². The molecule has 0 amide bonds. The molecule has 100 valence electrons. The molecule has 0 aliphatic heterocycles. The van der Waals surface area contributed by atoms with E-state index in [1.807, 2.05) is 29.0 Å². The van der Waals surface area contributed by atoms with Gasteiger partial charge in [0.25, 0.3) is 0 Å². The highest BCUT2D eigenvalue weighted by Crippen LogP contribution is 2.22. The zero-order chi connectivity index (χ0) is 13.9. The maximum Gasteiger partial charge on any atom is 0.185 e. The number of aromatic nitrogens is 2. The van der Waals surface area contributed by atoms with Gasteiger partial charge >= 0.3 is 0 Å². The number of rotatable bonds is 4. The number of hydrogen-bond donors (Lipinski definition) is 0. The SMILES string of the molecule is COc1ccc2cc(Cn3ccnc3C=O)ccc2c1. The van der Waals surface area contributed by atoms with Gasteiger partial charge in [0.2, 0.25) is 0 Å². The van der Waals surface area contributed by atoms with Crippen LogP contribution in [0.15, 0.2) is 48.8 Å². The average molecular weight is 266 g/mol. The molecule has 0 aliphatic rings. The van der Waals surface area contributed by atoms with Gasteiger partial charge in [0.1, 0.15) is 5.75 Å². The number of methoxy groups -OCH3 is 1. The van der Waals surface area contributed by atoms with Gasteiger partial charge in [-0.25, -0.2) is 4.98 Å². The Hall–Kier alpha value is -2.62. The normalized spacial score (nSPS) is 10.7. The van der Waals surface area contributed by atoms with Gasteiger partial charge in [0, 0.05) is 18.9 Å². The highest BCUT2D eigenvalue weighted by Gasteiger charge is 2.03. The number of nitrogens with zero attached hydrogens (tertiary/aromatic N) is 2. The van der Waals surface area contributed by atoms with Crippen LogP contribution in [0, 0.1) is 0 Å². The summed E-state index contributed by atoms with van der Waals surface area (Å²) in [6.07, 6.45) is 4.21. The molecule has 0 saturated carbocycles. The van der Waals surface area contributed by atoms with Crippen molar-refractivity contribution in [3.8, 4) is 5.75 Å². The molecule has 3 rings (SSSR count). The summed E-state index contributed by atoms with van der Waals surface area (Å²) in [5, 5.41) is 2.28. The number of fused-ring (bicyclic) bond motifs is 1. The minimum absolute atomic E-state index is 0.444. The fourth-order valence-electron chi connectivity index (χ4n) is 2.27. The summed E-state index contributed by atoms with van der Waals surface area (Å²) in [6.45, 7) is 0.635. The minimum Gasteiger partial charge on any atom is -0.497 e. The number of carbonyl (C=O) groups excluding carboxylic acids is 1. The van der Waals surface area contributed by atoms with E-state index in [0.717, 1.165) is 28.4 Å². The maximum atomic E-state index is 10.9.